The van der Waals surface area contributed by atoms with Gasteiger partial charge in [0, 0.05) is 12.8 Å². The zero-order valence-corrected chi connectivity index (χ0v) is 67.1. The molecule has 0 aliphatic rings. The van der Waals surface area contributed by atoms with Crippen LogP contribution in [0.5, 0.6) is 0 Å². The van der Waals surface area contributed by atoms with Crippen molar-refractivity contribution < 1.29 is 42.1 Å². The summed E-state index contributed by atoms with van der Waals surface area (Å²) in [5, 5.41) is 0. The minimum Gasteiger partial charge on any atom is -0.756 e. The molecule has 0 aromatic heterocycles. The number of phosphoric acid groups is 1. The molecule has 2 atom stereocenters. The van der Waals surface area contributed by atoms with Gasteiger partial charge in [-0.1, -0.05) is 369 Å². The van der Waals surface area contributed by atoms with Crippen LogP contribution < -0.4 is 4.89 Å². The second-order valence-corrected chi connectivity index (χ2v) is 29.8. The molecule has 0 saturated carbocycles. The molecule has 0 aromatic carbocycles. The SMILES string of the molecule is CC/C=C\C/C=C\C/C=C\C/C=C\C/C=C\C/C=C\C/C=C\C/C=C\C/C=C\C/C=C\CCCCCCCCCCCCC(=O)OC(COC(=O)CCCCCCCCCCCCCCCCCCCCCCC/C=C\C/C=C\C/C=C\C/C=C\C/C=C\CC)COP(=O)([O-])OCC[N+](C)(C)C. The van der Waals surface area contributed by atoms with E-state index in [0.717, 1.165) is 141 Å². The lowest BCUT2D eigenvalue weighted by Gasteiger charge is -2.28. The maximum atomic E-state index is 12.9. The summed E-state index contributed by atoms with van der Waals surface area (Å²) in [6.07, 6.45) is 123. The summed E-state index contributed by atoms with van der Waals surface area (Å²) in [4.78, 5) is 38.2. The molecule has 0 amide bonds. The summed E-state index contributed by atoms with van der Waals surface area (Å²) in [7, 11) is 1.16. The number of esters is 2. The van der Waals surface area contributed by atoms with Gasteiger partial charge in [-0.15, -0.1) is 0 Å². The second-order valence-electron chi connectivity index (χ2n) is 28.4. The van der Waals surface area contributed by atoms with Crippen molar-refractivity contribution in [2.24, 2.45) is 0 Å². The van der Waals surface area contributed by atoms with E-state index in [9.17, 15) is 19.0 Å². The van der Waals surface area contributed by atoms with Crippen molar-refractivity contribution in [2.45, 2.75) is 341 Å². The molecule has 0 fully saturated rings. The van der Waals surface area contributed by atoms with E-state index in [0.29, 0.717) is 17.4 Å². The third-order valence-electron chi connectivity index (χ3n) is 17.4. The van der Waals surface area contributed by atoms with E-state index in [4.69, 9.17) is 18.5 Å². The lowest BCUT2D eigenvalue weighted by atomic mass is 10.0. The predicted octanol–water partition coefficient (Wildman–Crippen LogP) is 27.5. The molecule has 2 unspecified atom stereocenters. The standard InChI is InChI=1S/C92H154NO8P/c1-6-8-10-12-14-16-18-20-22-24-26-28-30-32-34-36-38-40-42-44-45-46-47-49-51-53-55-57-59-61-63-65-67-69-71-73-75-77-79-81-83-85-92(95)101-90(89-100-102(96,97)99-87-86-93(3,4)5)88-98-91(94)84-82-80-78-76-74-72-70-68-66-64-62-60-58-56-54-52-50-48-43-41-39-37-35-33-31-29-27-25-23-21-19-17-15-13-11-9-7-2/h8-11,14-17,20-23,26-29,32-35,38,40,44-45,47,49,53,55,59,61,90H,6-7,12-13,18-19,24-25,30-31,36-37,39,41-43,46,48,50-52,54,56-58,60,62-89H2,1-5H3/b10-8-,11-9-,16-14-,17-15-,22-20-,23-21-,28-26-,29-27-,34-32-,35-33-,40-38-,45-44-,49-47-,55-53-,61-59-. The maximum absolute atomic E-state index is 12.9. The van der Waals surface area contributed by atoms with Crippen LogP contribution in [0.3, 0.4) is 0 Å². The molecule has 102 heavy (non-hydrogen) atoms. The molecule has 0 rings (SSSR count). The van der Waals surface area contributed by atoms with Gasteiger partial charge in [-0.3, -0.25) is 14.2 Å². The van der Waals surface area contributed by atoms with E-state index < -0.39 is 26.5 Å². The van der Waals surface area contributed by atoms with Crippen LogP contribution in [0.25, 0.3) is 0 Å². The first-order valence-corrected chi connectivity index (χ1v) is 43.0. The fourth-order valence-electron chi connectivity index (χ4n) is 11.2. The van der Waals surface area contributed by atoms with Crippen molar-refractivity contribution >= 4 is 19.8 Å². The molecule has 0 aliphatic carbocycles. The van der Waals surface area contributed by atoms with Crippen molar-refractivity contribution in [3.8, 4) is 0 Å². The minimum atomic E-state index is -4.66. The molecule has 10 heteroatoms. The molecule has 580 valence electrons. The Bertz CT molecular complexity index is 2390. The Morgan fingerprint density at radius 3 is 0.784 bits per heavy atom. The van der Waals surface area contributed by atoms with Gasteiger partial charge in [0.05, 0.1) is 27.7 Å². The highest BCUT2D eigenvalue weighted by atomic mass is 31.2. The Kier molecular flexibility index (Phi) is 76.4. The first-order valence-electron chi connectivity index (χ1n) is 41.5. The number of quaternary nitrogens is 1. The molecule has 0 heterocycles. The van der Waals surface area contributed by atoms with E-state index in [-0.39, 0.29) is 32.0 Å². The number of phosphoric ester groups is 1. The number of unbranched alkanes of at least 4 members (excludes halogenated alkanes) is 31. The van der Waals surface area contributed by atoms with Gasteiger partial charge in [0.15, 0.2) is 6.10 Å². The highest BCUT2D eigenvalue weighted by Crippen LogP contribution is 2.38. The summed E-state index contributed by atoms with van der Waals surface area (Å²) in [5.41, 5.74) is 0. The number of rotatable bonds is 75. The second kappa shape index (κ2) is 80.2. The Morgan fingerprint density at radius 2 is 0.529 bits per heavy atom. The highest BCUT2D eigenvalue weighted by Gasteiger charge is 2.22. The normalized spacial score (nSPS) is 14.0. The van der Waals surface area contributed by atoms with Crippen LogP contribution in [-0.2, 0) is 32.7 Å². The Labute approximate surface area is 629 Å². The van der Waals surface area contributed by atoms with E-state index in [1.807, 2.05) is 21.1 Å². The maximum Gasteiger partial charge on any atom is 0.306 e. The van der Waals surface area contributed by atoms with E-state index in [1.54, 1.807) is 0 Å². The molecule has 0 aliphatic heterocycles. The van der Waals surface area contributed by atoms with Gasteiger partial charge in [-0.25, -0.2) is 0 Å². The quantitative estimate of drug-likeness (QED) is 0.0195. The average Bonchev–Trinajstić information content (AvgIpc) is 0.916. The van der Waals surface area contributed by atoms with E-state index in [1.165, 1.54) is 161 Å². The summed E-state index contributed by atoms with van der Waals surface area (Å²) < 4.78 is 34.4. The van der Waals surface area contributed by atoms with Crippen LogP contribution in [0.2, 0.25) is 0 Å². The fraction of sp³-hybridized carbons (Fsp3) is 0.652. The summed E-state index contributed by atoms with van der Waals surface area (Å²) in [6, 6.07) is 0. The lowest BCUT2D eigenvalue weighted by molar-refractivity contribution is -0.870. The highest BCUT2D eigenvalue weighted by molar-refractivity contribution is 7.45. The van der Waals surface area contributed by atoms with Gasteiger partial charge in [0.2, 0.25) is 0 Å². The zero-order chi connectivity index (χ0) is 74.0. The van der Waals surface area contributed by atoms with Crippen molar-refractivity contribution in [3.63, 3.8) is 0 Å². The summed E-state index contributed by atoms with van der Waals surface area (Å²) in [5.74, 6) is -0.836. The Morgan fingerprint density at radius 1 is 0.304 bits per heavy atom. The topological polar surface area (TPSA) is 111 Å². The molecule has 0 N–H and O–H groups in total. The third kappa shape index (κ3) is 84.1. The van der Waals surface area contributed by atoms with Gasteiger partial charge < -0.3 is 27.9 Å². The van der Waals surface area contributed by atoms with E-state index in [2.05, 4.69) is 196 Å². The van der Waals surface area contributed by atoms with Crippen LogP contribution in [0.15, 0.2) is 182 Å². The number of carbonyl (C=O) groups excluding carboxylic acids is 2. The number of likely N-dealkylation sites (N-methyl/N-ethyl adjacent to an activating group) is 1. The molecular formula is C92H154NO8P. The van der Waals surface area contributed by atoms with E-state index >= 15 is 0 Å². The summed E-state index contributed by atoms with van der Waals surface area (Å²) in [6.45, 7) is 4.02. The van der Waals surface area contributed by atoms with Crippen LogP contribution in [0.1, 0.15) is 335 Å². The molecule has 0 saturated heterocycles. The molecule has 0 spiro atoms. The van der Waals surface area contributed by atoms with Gasteiger partial charge in [0.25, 0.3) is 7.82 Å². The van der Waals surface area contributed by atoms with Gasteiger partial charge in [0.1, 0.15) is 19.8 Å². The van der Waals surface area contributed by atoms with Gasteiger partial charge in [-0.2, -0.15) is 0 Å². The fourth-order valence-corrected chi connectivity index (χ4v) is 11.9. The van der Waals surface area contributed by atoms with Crippen LogP contribution >= 0.6 is 7.82 Å². The molecule has 0 aromatic rings. The van der Waals surface area contributed by atoms with Gasteiger partial charge >= 0.3 is 11.9 Å². The number of ether oxygens (including phenoxy) is 2. The number of hydrogen-bond donors (Lipinski definition) is 0. The first kappa shape index (κ1) is 97.1. The predicted molar refractivity (Wildman–Crippen MR) is 443 cm³/mol. The molecule has 0 bridgehead atoms. The molecular weight excluding hydrogens is 1280 g/mol. The van der Waals surface area contributed by atoms with Crippen molar-refractivity contribution in [3.05, 3.63) is 182 Å². The Hall–Kier alpha value is -4.89. The van der Waals surface area contributed by atoms with Crippen molar-refractivity contribution in [1.29, 1.82) is 0 Å². The first-order chi connectivity index (χ1) is 50.0. The smallest absolute Gasteiger partial charge is 0.306 e. The zero-order valence-electron chi connectivity index (χ0n) is 66.2. The van der Waals surface area contributed by atoms with Crippen LogP contribution in [0.4, 0.5) is 0 Å². The number of allylic oxidation sites excluding steroid dienone is 30. The summed E-state index contributed by atoms with van der Waals surface area (Å²) >= 11 is 0. The number of hydrogen-bond acceptors (Lipinski definition) is 8. The monoisotopic (exact) mass is 1430 g/mol. The average molecular weight is 1430 g/mol. The number of carbonyl (C=O) groups is 2. The largest absolute Gasteiger partial charge is 0.756 e. The van der Waals surface area contributed by atoms with Crippen LogP contribution in [0, 0.1) is 0 Å². The molecule has 9 nitrogen and oxygen atoms in total. The van der Waals surface area contributed by atoms with Crippen molar-refractivity contribution in [1.82, 2.24) is 0 Å². The van der Waals surface area contributed by atoms with Crippen molar-refractivity contribution in [2.75, 3.05) is 47.5 Å². The van der Waals surface area contributed by atoms with Crippen LogP contribution in [-0.4, -0.2) is 70.0 Å². The van der Waals surface area contributed by atoms with Gasteiger partial charge in [-0.05, 0) is 135 Å². The number of nitrogens with zero attached hydrogens (tertiary/aromatic N) is 1. The minimum absolute atomic E-state index is 0.0378. The molecule has 0 radical (unpaired) electrons. The lowest BCUT2D eigenvalue weighted by Crippen LogP contribution is -2.37. The Balaban J connectivity index is 4.01. The third-order valence-corrected chi connectivity index (χ3v) is 18.4.